The number of fused-ring (bicyclic) bond motifs is 2. The number of likely N-dealkylation sites (N-methyl/N-ethyl adjacent to an activating group) is 1. The topological polar surface area (TPSA) is 102 Å². The van der Waals surface area contributed by atoms with E-state index in [9.17, 15) is 19.2 Å². The minimum Gasteiger partial charge on any atom is -0.343 e. The molecular weight excluding hydrogens is 602 g/mol. The second-order valence-corrected chi connectivity index (χ2v) is 13.3. The van der Waals surface area contributed by atoms with Crippen molar-refractivity contribution in [1.82, 2.24) is 25.3 Å². The Labute approximate surface area is 275 Å². The van der Waals surface area contributed by atoms with Gasteiger partial charge in [-0.2, -0.15) is 0 Å². The Morgan fingerprint density at radius 2 is 1.63 bits per heavy atom. The Morgan fingerprint density at radius 3 is 2.35 bits per heavy atom. The maximum absolute atomic E-state index is 14.5. The largest absolute Gasteiger partial charge is 0.343 e. The molecule has 3 aromatic carbocycles. The molecule has 1 aliphatic carbocycles. The highest BCUT2D eigenvalue weighted by Gasteiger charge is 2.52. The molecule has 0 bridgehead atoms. The summed E-state index contributed by atoms with van der Waals surface area (Å²) in [4.78, 5) is 60.6. The van der Waals surface area contributed by atoms with Crippen molar-refractivity contribution >= 4 is 46.0 Å². The quantitative estimate of drug-likeness (QED) is 0.365. The van der Waals surface area contributed by atoms with Crippen LogP contribution >= 0.6 is 11.6 Å². The second-order valence-electron chi connectivity index (χ2n) is 12.9. The van der Waals surface area contributed by atoms with Crippen LogP contribution in [0.5, 0.6) is 0 Å². The maximum Gasteiger partial charge on any atom is 0.247 e. The fourth-order valence-corrected chi connectivity index (χ4v) is 7.35. The summed E-state index contributed by atoms with van der Waals surface area (Å²) in [5.41, 5.74) is 1.85. The van der Waals surface area contributed by atoms with E-state index in [0.717, 1.165) is 54.0 Å². The lowest BCUT2D eigenvalue weighted by Crippen LogP contribution is -2.65. The van der Waals surface area contributed by atoms with Crippen molar-refractivity contribution < 1.29 is 19.2 Å². The van der Waals surface area contributed by atoms with E-state index in [1.807, 2.05) is 48.5 Å². The van der Waals surface area contributed by atoms with Crippen molar-refractivity contribution in [2.75, 3.05) is 20.1 Å². The van der Waals surface area contributed by atoms with Gasteiger partial charge < -0.3 is 25.3 Å². The van der Waals surface area contributed by atoms with Gasteiger partial charge in [-0.05, 0) is 66.8 Å². The van der Waals surface area contributed by atoms with Crippen LogP contribution < -0.4 is 10.6 Å². The summed E-state index contributed by atoms with van der Waals surface area (Å²) in [5.74, 6) is -0.911. The predicted octanol–water partition coefficient (Wildman–Crippen LogP) is 4.12. The van der Waals surface area contributed by atoms with Crippen LogP contribution in [0.25, 0.3) is 10.8 Å². The standard InChI is InChI=1S/C36H42ClN5O4/c1-23(38-2)34(44)39-33(27-9-4-3-5-10-27)36(46)41-22-32(43)42-30(19-25-12-15-26-8-6-7-11-28(26)18-25)35(45)40(21-31(41)42)20-24-13-16-29(37)17-14-24/h6-8,11-18,23,27,30-31,33,38H,3-5,9-10,19-22H2,1-2H3,(H,39,44)/t23-,30-,31+,33-/m0/s1. The fourth-order valence-electron chi connectivity index (χ4n) is 7.22. The van der Waals surface area contributed by atoms with Crippen LogP contribution in [0.3, 0.4) is 0 Å². The van der Waals surface area contributed by atoms with E-state index >= 15 is 0 Å². The molecule has 0 radical (unpaired) electrons. The number of rotatable bonds is 9. The monoisotopic (exact) mass is 643 g/mol. The number of nitrogens with zero attached hydrogens (tertiary/aromatic N) is 3. The van der Waals surface area contributed by atoms with Gasteiger partial charge in [0.25, 0.3) is 0 Å². The molecule has 2 heterocycles. The van der Waals surface area contributed by atoms with Crippen molar-refractivity contribution in [3.05, 3.63) is 82.9 Å². The van der Waals surface area contributed by atoms with E-state index in [0.29, 0.717) is 18.0 Å². The van der Waals surface area contributed by atoms with Crippen LogP contribution in [0.2, 0.25) is 5.02 Å². The molecule has 3 aliphatic rings. The third-order valence-corrected chi connectivity index (χ3v) is 10.2. The van der Waals surface area contributed by atoms with Crippen LogP contribution in [-0.4, -0.2) is 82.8 Å². The lowest BCUT2D eigenvalue weighted by molar-refractivity contribution is -0.157. The molecule has 2 saturated heterocycles. The minimum absolute atomic E-state index is 0.0119. The Kier molecular flexibility index (Phi) is 9.61. The third-order valence-electron chi connectivity index (χ3n) is 9.91. The van der Waals surface area contributed by atoms with Crippen LogP contribution in [-0.2, 0) is 32.1 Å². The minimum atomic E-state index is -0.774. The van der Waals surface area contributed by atoms with Gasteiger partial charge >= 0.3 is 0 Å². The van der Waals surface area contributed by atoms with Crippen molar-refractivity contribution in [3.63, 3.8) is 0 Å². The second kappa shape index (κ2) is 13.8. The number of amides is 4. The SMILES string of the molecule is CN[C@@H](C)C(=O)N[C@H](C(=O)N1CC(=O)N2[C@@H]1CN(Cc1ccc(Cl)cc1)C(=O)[C@@H]2Cc1ccc2ccccc2c1)C1CCCCC1. The van der Waals surface area contributed by atoms with Gasteiger partial charge in [-0.1, -0.05) is 85.5 Å². The number of halogens is 1. The van der Waals surface area contributed by atoms with Crippen molar-refractivity contribution in [3.8, 4) is 0 Å². The van der Waals surface area contributed by atoms with Gasteiger partial charge in [0.15, 0.2) is 0 Å². The number of carbonyl (C=O) groups is 4. The van der Waals surface area contributed by atoms with Crippen LogP contribution in [0.1, 0.15) is 50.2 Å². The average Bonchev–Trinajstić information content (AvgIpc) is 3.41. The Balaban J connectivity index is 1.33. The van der Waals surface area contributed by atoms with Gasteiger partial charge in [-0.25, -0.2) is 0 Å². The third kappa shape index (κ3) is 6.62. The zero-order valence-electron chi connectivity index (χ0n) is 26.5. The van der Waals surface area contributed by atoms with E-state index in [4.69, 9.17) is 11.6 Å². The van der Waals surface area contributed by atoms with Gasteiger partial charge in [0.1, 0.15) is 24.8 Å². The van der Waals surface area contributed by atoms with Crippen molar-refractivity contribution in [2.45, 2.75) is 76.3 Å². The van der Waals surface area contributed by atoms with E-state index in [1.165, 1.54) is 0 Å². The number of piperazine rings is 1. The summed E-state index contributed by atoms with van der Waals surface area (Å²) >= 11 is 6.14. The van der Waals surface area contributed by atoms with E-state index in [-0.39, 0.29) is 42.6 Å². The highest BCUT2D eigenvalue weighted by atomic mass is 35.5. The molecule has 2 N–H and O–H groups in total. The Morgan fingerprint density at radius 1 is 0.935 bits per heavy atom. The first-order valence-corrected chi connectivity index (χ1v) is 16.7. The number of benzene rings is 3. The number of hydrogen-bond acceptors (Lipinski definition) is 5. The molecule has 4 amide bonds. The Bertz CT molecular complexity index is 1610. The first-order valence-electron chi connectivity index (χ1n) is 16.3. The molecule has 10 heteroatoms. The average molecular weight is 644 g/mol. The van der Waals surface area contributed by atoms with E-state index in [2.05, 4.69) is 16.7 Å². The first kappa shape index (κ1) is 32.0. The summed E-state index contributed by atoms with van der Waals surface area (Å²) in [6.45, 7) is 2.15. The highest BCUT2D eigenvalue weighted by molar-refractivity contribution is 6.30. The molecule has 3 fully saturated rings. The number of carbonyl (C=O) groups excluding carboxylic acids is 4. The zero-order chi connectivity index (χ0) is 32.4. The molecule has 0 aromatic heterocycles. The molecule has 4 atom stereocenters. The lowest BCUT2D eigenvalue weighted by atomic mass is 9.83. The molecule has 9 nitrogen and oxygen atoms in total. The molecule has 242 valence electrons. The molecule has 0 spiro atoms. The maximum atomic E-state index is 14.5. The van der Waals surface area contributed by atoms with Gasteiger partial charge in [-0.3, -0.25) is 19.2 Å². The lowest BCUT2D eigenvalue weighted by Gasteiger charge is -2.45. The summed E-state index contributed by atoms with van der Waals surface area (Å²) < 4.78 is 0. The van der Waals surface area contributed by atoms with Crippen LogP contribution in [0.4, 0.5) is 0 Å². The van der Waals surface area contributed by atoms with Crippen LogP contribution in [0.15, 0.2) is 66.7 Å². The van der Waals surface area contributed by atoms with Gasteiger partial charge in [0, 0.05) is 18.0 Å². The van der Waals surface area contributed by atoms with E-state index < -0.39 is 24.3 Å². The van der Waals surface area contributed by atoms with Crippen molar-refractivity contribution in [1.29, 1.82) is 0 Å². The highest BCUT2D eigenvalue weighted by Crippen LogP contribution is 2.33. The Hall–Kier alpha value is -3.95. The summed E-state index contributed by atoms with van der Waals surface area (Å²) in [7, 11) is 1.71. The summed E-state index contributed by atoms with van der Waals surface area (Å²) in [6.07, 6.45) is 4.47. The van der Waals surface area contributed by atoms with E-state index in [1.54, 1.807) is 40.8 Å². The zero-order valence-corrected chi connectivity index (χ0v) is 27.2. The molecule has 3 aromatic rings. The molecule has 2 aliphatic heterocycles. The normalized spacial score (nSPS) is 21.8. The predicted molar refractivity (Wildman–Crippen MR) is 178 cm³/mol. The van der Waals surface area contributed by atoms with Gasteiger partial charge in [0.05, 0.1) is 12.6 Å². The van der Waals surface area contributed by atoms with Crippen molar-refractivity contribution in [2.24, 2.45) is 5.92 Å². The molecule has 46 heavy (non-hydrogen) atoms. The molecule has 1 saturated carbocycles. The molecule has 6 rings (SSSR count). The number of nitrogens with one attached hydrogen (secondary N) is 2. The summed E-state index contributed by atoms with van der Waals surface area (Å²) in [5, 5.41) is 8.77. The number of hydrogen-bond donors (Lipinski definition) is 2. The van der Waals surface area contributed by atoms with Gasteiger partial charge in [0.2, 0.25) is 23.6 Å². The first-order chi connectivity index (χ1) is 22.2. The smallest absolute Gasteiger partial charge is 0.247 e. The molecular formula is C36H42ClN5O4. The summed E-state index contributed by atoms with van der Waals surface area (Å²) in [6, 6.07) is 19.5. The fraction of sp³-hybridized carbons (Fsp3) is 0.444. The van der Waals surface area contributed by atoms with Gasteiger partial charge in [-0.15, -0.1) is 0 Å². The van der Waals surface area contributed by atoms with Crippen LogP contribution in [0, 0.1) is 5.92 Å². The molecule has 0 unspecified atom stereocenters.